The second-order valence-corrected chi connectivity index (χ2v) is 7.97. The Bertz CT molecular complexity index is 1110. The van der Waals surface area contributed by atoms with Gasteiger partial charge >= 0.3 is 0 Å². The molecule has 1 N–H and O–H groups in total. The molecular formula is C26H29N3O4. The second-order valence-electron chi connectivity index (χ2n) is 7.97. The molecule has 2 heterocycles. The van der Waals surface area contributed by atoms with Gasteiger partial charge in [0.2, 0.25) is 0 Å². The number of hydrogen-bond donors (Lipinski definition) is 1. The predicted octanol–water partition coefficient (Wildman–Crippen LogP) is 2.54. The average molecular weight is 448 g/mol. The molecule has 1 aromatic heterocycles. The minimum absolute atomic E-state index is 0.131. The van der Waals surface area contributed by atoms with Crippen molar-refractivity contribution in [2.24, 2.45) is 0 Å². The van der Waals surface area contributed by atoms with Gasteiger partial charge in [0.15, 0.2) is 0 Å². The highest BCUT2D eigenvalue weighted by molar-refractivity contribution is 5.93. The van der Waals surface area contributed by atoms with Gasteiger partial charge in [-0.1, -0.05) is 42.5 Å². The maximum Gasteiger partial charge on any atom is 0.263 e. The van der Waals surface area contributed by atoms with Crippen molar-refractivity contribution in [3.63, 3.8) is 0 Å². The molecule has 4 rings (SSSR count). The lowest BCUT2D eigenvalue weighted by molar-refractivity contribution is 0.0322. The number of hydrogen-bond acceptors (Lipinski definition) is 5. The molecule has 0 atom stereocenters. The first-order valence-corrected chi connectivity index (χ1v) is 11.2. The summed E-state index contributed by atoms with van der Waals surface area (Å²) >= 11 is 0. The number of aromatic nitrogens is 1. The molecule has 1 amide bonds. The molecule has 1 aliphatic heterocycles. The number of nitrogens with one attached hydrogen (secondary N) is 1. The number of nitrogens with zero attached hydrogens (tertiary/aromatic N) is 2. The van der Waals surface area contributed by atoms with E-state index < -0.39 is 0 Å². The van der Waals surface area contributed by atoms with Crippen LogP contribution in [0.1, 0.15) is 21.5 Å². The van der Waals surface area contributed by atoms with Crippen molar-refractivity contribution in [3.8, 4) is 5.75 Å². The number of rotatable bonds is 9. The minimum Gasteiger partial charge on any atom is -0.492 e. The Morgan fingerprint density at radius 3 is 2.58 bits per heavy atom. The molecule has 7 nitrogen and oxygen atoms in total. The van der Waals surface area contributed by atoms with Crippen molar-refractivity contribution in [2.75, 3.05) is 39.5 Å². The summed E-state index contributed by atoms with van der Waals surface area (Å²) in [6, 6.07) is 20.6. The van der Waals surface area contributed by atoms with Crippen LogP contribution in [0.4, 0.5) is 0 Å². The van der Waals surface area contributed by atoms with Crippen molar-refractivity contribution in [3.05, 3.63) is 100.0 Å². The molecule has 1 fully saturated rings. The SMILES string of the molecule is O=C(NCc1cccc(OCCN2CCOCC2)c1)c1cccn(Cc2ccccc2)c1=O. The van der Waals surface area contributed by atoms with Crippen LogP contribution in [0.3, 0.4) is 0 Å². The third-order valence-corrected chi connectivity index (χ3v) is 5.59. The first-order valence-electron chi connectivity index (χ1n) is 11.2. The highest BCUT2D eigenvalue weighted by Crippen LogP contribution is 2.13. The van der Waals surface area contributed by atoms with E-state index in [2.05, 4.69) is 10.2 Å². The highest BCUT2D eigenvalue weighted by Gasteiger charge is 2.13. The third-order valence-electron chi connectivity index (χ3n) is 5.59. The number of amides is 1. The molecule has 1 aliphatic rings. The average Bonchev–Trinajstić information content (AvgIpc) is 2.85. The van der Waals surface area contributed by atoms with Crippen LogP contribution in [0.2, 0.25) is 0 Å². The zero-order valence-corrected chi connectivity index (χ0v) is 18.6. The highest BCUT2D eigenvalue weighted by atomic mass is 16.5. The predicted molar refractivity (Wildman–Crippen MR) is 127 cm³/mol. The fraction of sp³-hybridized carbons (Fsp3) is 0.308. The lowest BCUT2D eigenvalue weighted by Gasteiger charge is -2.26. The zero-order chi connectivity index (χ0) is 22.9. The normalized spacial score (nSPS) is 14.1. The smallest absolute Gasteiger partial charge is 0.263 e. The van der Waals surface area contributed by atoms with Gasteiger partial charge in [0.05, 0.1) is 19.8 Å². The zero-order valence-electron chi connectivity index (χ0n) is 18.6. The Kier molecular flexibility index (Phi) is 7.90. The van der Waals surface area contributed by atoms with Gasteiger partial charge in [-0.3, -0.25) is 14.5 Å². The van der Waals surface area contributed by atoms with Crippen molar-refractivity contribution >= 4 is 5.91 Å². The lowest BCUT2D eigenvalue weighted by atomic mass is 10.2. The fourth-order valence-corrected chi connectivity index (χ4v) is 3.75. The largest absolute Gasteiger partial charge is 0.492 e. The summed E-state index contributed by atoms with van der Waals surface area (Å²) in [5.74, 6) is 0.376. The quantitative estimate of drug-likeness (QED) is 0.546. The van der Waals surface area contributed by atoms with Crippen LogP contribution in [0.15, 0.2) is 77.7 Å². The maximum atomic E-state index is 12.8. The Hall–Kier alpha value is -3.42. The number of carbonyl (C=O) groups excluding carboxylic acids is 1. The van der Waals surface area contributed by atoms with Gasteiger partial charge in [0.1, 0.15) is 17.9 Å². The molecular weight excluding hydrogens is 418 g/mol. The van der Waals surface area contributed by atoms with E-state index in [0.29, 0.717) is 19.7 Å². The van der Waals surface area contributed by atoms with E-state index in [1.807, 2.05) is 54.6 Å². The Morgan fingerprint density at radius 2 is 1.76 bits per heavy atom. The molecule has 0 radical (unpaired) electrons. The van der Waals surface area contributed by atoms with Crippen LogP contribution in [0, 0.1) is 0 Å². The first kappa shape index (κ1) is 22.8. The van der Waals surface area contributed by atoms with E-state index in [1.165, 1.54) is 0 Å². The summed E-state index contributed by atoms with van der Waals surface area (Å²) in [7, 11) is 0. The maximum absolute atomic E-state index is 12.8. The Morgan fingerprint density at radius 1 is 0.970 bits per heavy atom. The molecule has 3 aromatic rings. The van der Waals surface area contributed by atoms with Crippen molar-refractivity contribution in [2.45, 2.75) is 13.1 Å². The van der Waals surface area contributed by atoms with Gasteiger partial charge in [-0.25, -0.2) is 0 Å². The van der Waals surface area contributed by atoms with Crippen molar-refractivity contribution in [1.82, 2.24) is 14.8 Å². The molecule has 0 spiro atoms. The summed E-state index contributed by atoms with van der Waals surface area (Å²) in [5, 5.41) is 2.85. The van der Waals surface area contributed by atoms with Gasteiger partial charge in [0.25, 0.3) is 11.5 Å². The number of morpholine rings is 1. The molecule has 0 unspecified atom stereocenters. The summed E-state index contributed by atoms with van der Waals surface area (Å²) in [6.07, 6.45) is 1.70. The van der Waals surface area contributed by atoms with Gasteiger partial charge in [-0.05, 0) is 35.4 Å². The Balaban J connectivity index is 1.32. The van der Waals surface area contributed by atoms with E-state index in [0.717, 1.165) is 49.7 Å². The number of carbonyl (C=O) groups is 1. The molecule has 7 heteroatoms. The van der Waals surface area contributed by atoms with Gasteiger partial charge in [0, 0.05) is 32.4 Å². The van der Waals surface area contributed by atoms with Crippen LogP contribution in [-0.4, -0.2) is 54.8 Å². The molecule has 2 aromatic carbocycles. The number of benzene rings is 2. The topological polar surface area (TPSA) is 72.8 Å². The number of pyridine rings is 1. The fourth-order valence-electron chi connectivity index (χ4n) is 3.75. The van der Waals surface area contributed by atoms with Crippen LogP contribution in [-0.2, 0) is 17.8 Å². The Labute approximate surface area is 193 Å². The summed E-state index contributed by atoms with van der Waals surface area (Å²) in [5.41, 5.74) is 1.74. The summed E-state index contributed by atoms with van der Waals surface area (Å²) in [4.78, 5) is 27.8. The van der Waals surface area contributed by atoms with Crippen molar-refractivity contribution < 1.29 is 14.3 Å². The lowest BCUT2D eigenvalue weighted by Crippen LogP contribution is -2.38. The third kappa shape index (κ3) is 6.54. The van der Waals surface area contributed by atoms with E-state index in [1.54, 1.807) is 22.9 Å². The van der Waals surface area contributed by atoms with Crippen LogP contribution < -0.4 is 15.6 Å². The van der Waals surface area contributed by atoms with Crippen LogP contribution in [0.5, 0.6) is 5.75 Å². The monoisotopic (exact) mass is 447 g/mol. The molecule has 0 aliphatic carbocycles. The van der Waals surface area contributed by atoms with Gasteiger partial charge < -0.3 is 19.4 Å². The summed E-state index contributed by atoms with van der Waals surface area (Å²) < 4.78 is 12.8. The van der Waals surface area contributed by atoms with Crippen LogP contribution >= 0.6 is 0 Å². The minimum atomic E-state index is -0.388. The second kappa shape index (κ2) is 11.4. The van der Waals surface area contributed by atoms with E-state index in [-0.39, 0.29) is 17.0 Å². The molecule has 1 saturated heterocycles. The first-order chi connectivity index (χ1) is 16.2. The number of ether oxygens (including phenoxy) is 2. The van der Waals surface area contributed by atoms with E-state index in [4.69, 9.17) is 9.47 Å². The molecule has 172 valence electrons. The standard InChI is InChI=1S/C26H29N3O4/c30-25(24-10-5-11-29(26(24)31)20-21-6-2-1-3-7-21)27-19-22-8-4-9-23(18-22)33-17-14-28-12-15-32-16-13-28/h1-11,18H,12-17,19-20H2,(H,27,30). The van der Waals surface area contributed by atoms with E-state index in [9.17, 15) is 9.59 Å². The van der Waals surface area contributed by atoms with Crippen LogP contribution in [0.25, 0.3) is 0 Å². The van der Waals surface area contributed by atoms with Gasteiger partial charge in [-0.2, -0.15) is 0 Å². The van der Waals surface area contributed by atoms with Gasteiger partial charge in [-0.15, -0.1) is 0 Å². The van der Waals surface area contributed by atoms with E-state index >= 15 is 0 Å². The summed E-state index contributed by atoms with van der Waals surface area (Å²) in [6.45, 7) is 5.59. The molecule has 33 heavy (non-hydrogen) atoms. The molecule has 0 bridgehead atoms. The molecule has 0 saturated carbocycles. The van der Waals surface area contributed by atoms with Crippen molar-refractivity contribution in [1.29, 1.82) is 0 Å².